The van der Waals surface area contributed by atoms with Gasteiger partial charge in [-0.25, -0.2) is 0 Å². The number of unbranched alkanes of at least 4 members (excludes halogenated alkanes) is 1. The third-order valence-corrected chi connectivity index (χ3v) is 8.20. The third kappa shape index (κ3) is 9.43. The van der Waals surface area contributed by atoms with Crippen LogP contribution < -0.4 is 5.32 Å². The number of nitrogens with one attached hydrogen (secondary N) is 1. The van der Waals surface area contributed by atoms with Crippen molar-refractivity contribution < 1.29 is 23.9 Å². The summed E-state index contributed by atoms with van der Waals surface area (Å²) in [5.41, 5.74) is 0.466. The predicted molar refractivity (Wildman–Crippen MR) is 153 cm³/mol. The minimum atomic E-state index is -0.651. The molecule has 9 heteroatoms. The number of nitrogens with zero attached hydrogens (tertiary/aromatic N) is 1. The molecule has 1 amide bonds. The van der Waals surface area contributed by atoms with E-state index in [0.29, 0.717) is 31.0 Å². The van der Waals surface area contributed by atoms with Gasteiger partial charge in [0.2, 0.25) is 5.91 Å². The lowest BCUT2D eigenvalue weighted by atomic mass is 10.0. The van der Waals surface area contributed by atoms with Crippen molar-refractivity contribution in [1.29, 1.82) is 0 Å². The number of ether oxygens (including phenoxy) is 2. The van der Waals surface area contributed by atoms with Gasteiger partial charge in [-0.1, -0.05) is 49.7 Å². The van der Waals surface area contributed by atoms with Gasteiger partial charge in [0.15, 0.2) is 0 Å². The second-order valence-corrected chi connectivity index (χ2v) is 12.5. The molecule has 208 valence electrons. The molecule has 0 aliphatic carbocycles. The average molecular weight is 561 g/mol. The molecule has 3 rings (SSSR count). The lowest BCUT2D eigenvalue weighted by Gasteiger charge is -2.32. The van der Waals surface area contributed by atoms with E-state index >= 15 is 0 Å². The number of thiophene rings is 1. The molecular formula is C29H40N2O5S2. The molecule has 1 aromatic carbocycles. The number of aryl methyl sites for hydroxylation is 1. The van der Waals surface area contributed by atoms with E-state index in [1.54, 1.807) is 28.0 Å². The Hall–Kier alpha value is -2.36. The standard InChI is InChI=1S/C29H40N2O5S2/c1-5-6-16-35-28(34)22(15-14-21-11-8-7-9-12-21)30-23-19-37-20-24(25-13-10-17-38-25)31(27(23)33)18-26(32)36-29(2,3)4/h7-13,17,22-24,30H,5-6,14-16,18-20H2,1-4H3/t22?,23-,24-/m0/s1. The molecule has 0 saturated carbocycles. The zero-order valence-corrected chi connectivity index (χ0v) is 24.4. The molecule has 0 bridgehead atoms. The molecule has 0 radical (unpaired) electrons. The molecule has 1 aliphatic heterocycles. The summed E-state index contributed by atoms with van der Waals surface area (Å²) in [6, 6.07) is 12.4. The molecule has 38 heavy (non-hydrogen) atoms. The lowest BCUT2D eigenvalue weighted by molar-refractivity contribution is -0.160. The van der Waals surface area contributed by atoms with E-state index < -0.39 is 23.7 Å². The topological polar surface area (TPSA) is 84.9 Å². The second-order valence-electron chi connectivity index (χ2n) is 10.4. The molecular weight excluding hydrogens is 520 g/mol. The Labute approximate surface area is 234 Å². The summed E-state index contributed by atoms with van der Waals surface area (Å²) >= 11 is 3.21. The maximum absolute atomic E-state index is 13.9. The number of benzene rings is 1. The van der Waals surface area contributed by atoms with Gasteiger partial charge < -0.3 is 14.4 Å². The van der Waals surface area contributed by atoms with Gasteiger partial charge in [0.1, 0.15) is 18.2 Å². The minimum absolute atomic E-state index is 0.146. The van der Waals surface area contributed by atoms with Crippen LogP contribution in [0.3, 0.4) is 0 Å². The minimum Gasteiger partial charge on any atom is -0.465 e. The Bertz CT molecular complexity index is 1020. The highest BCUT2D eigenvalue weighted by Gasteiger charge is 2.38. The first-order valence-corrected chi connectivity index (χ1v) is 15.3. The van der Waals surface area contributed by atoms with Gasteiger partial charge in [-0.2, -0.15) is 11.8 Å². The number of rotatable bonds is 12. The Morgan fingerprint density at radius 1 is 1.13 bits per heavy atom. The average Bonchev–Trinajstić information content (AvgIpc) is 3.36. The smallest absolute Gasteiger partial charge is 0.326 e. The Morgan fingerprint density at radius 2 is 1.89 bits per heavy atom. The Balaban J connectivity index is 1.80. The molecule has 1 saturated heterocycles. The summed E-state index contributed by atoms with van der Waals surface area (Å²) in [7, 11) is 0. The number of carbonyl (C=O) groups is 3. The van der Waals surface area contributed by atoms with E-state index in [4.69, 9.17) is 9.47 Å². The van der Waals surface area contributed by atoms with Crippen molar-refractivity contribution >= 4 is 40.9 Å². The summed E-state index contributed by atoms with van der Waals surface area (Å²) in [6.45, 7) is 7.70. The summed E-state index contributed by atoms with van der Waals surface area (Å²) in [5, 5.41) is 5.30. The number of carbonyl (C=O) groups excluding carboxylic acids is 3. The van der Waals surface area contributed by atoms with Gasteiger partial charge in [-0.05, 0) is 57.0 Å². The van der Waals surface area contributed by atoms with Gasteiger partial charge in [0.05, 0.1) is 18.7 Å². The fraction of sp³-hybridized carbons (Fsp3) is 0.552. The van der Waals surface area contributed by atoms with E-state index in [1.165, 1.54) is 0 Å². The van der Waals surface area contributed by atoms with Crippen LogP contribution in [-0.4, -0.2) is 65.1 Å². The van der Waals surface area contributed by atoms with E-state index in [1.807, 2.05) is 75.5 Å². The first-order chi connectivity index (χ1) is 18.2. The van der Waals surface area contributed by atoms with Crippen molar-refractivity contribution in [2.75, 3.05) is 24.7 Å². The molecule has 1 aliphatic rings. The van der Waals surface area contributed by atoms with E-state index in [2.05, 4.69) is 5.32 Å². The van der Waals surface area contributed by atoms with Crippen molar-refractivity contribution in [1.82, 2.24) is 10.2 Å². The van der Waals surface area contributed by atoms with Gasteiger partial charge in [0.25, 0.3) is 0 Å². The highest BCUT2D eigenvalue weighted by molar-refractivity contribution is 7.99. The number of hydrogen-bond donors (Lipinski definition) is 1. The fourth-order valence-electron chi connectivity index (χ4n) is 4.23. The Kier molecular flexibility index (Phi) is 11.7. The molecule has 0 spiro atoms. The van der Waals surface area contributed by atoms with Gasteiger partial charge in [-0.15, -0.1) is 11.3 Å². The highest BCUT2D eigenvalue weighted by atomic mass is 32.2. The zero-order valence-electron chi connectivity index (χ0n) is 22.8. The van der Waals surface area contributed by atoms with Crippen molar-refractivity contribution in [2.24, 2.45) is 0 Å². The Morgan fingerprint density at radius 3 is 2.55 bits per heavy atom. The van der Waals surface area contributed by atoms with Crippen molar-refractivity contribution in [3.05, 3.63) is 58.3 Å². The van der Waals surface area contributed by atoms with Gasteiger partial charge in [0, 0.05) is 16.4 Å². The normalized spacial score (nSPS) is 19.1. The summed E-state index contributed by atoms with van der Waals surface area (Å²) in [4.78, 5) is 42.5. The summed E-state index contributed by atoms with van der Waals surface area (Å²) in [6.07, 6.45) is 2.90. The van der Waals surface area contributed by atoms with E-state index in [-0.39, 0.29) is 24.5 Å². The third-order valence-electron chi connectivity index (χ3n) is 6.10. The molecule has 2 aromatic rings. The monoisotopic (exact) mass is 560 g/mol. The molecule has 1 unspecified atom stereocenters. The molecule has 3 atom stereocenters. The lowest BCUT2D eigenvalue weighted by Crippen LogP contribution is -2.54. The SMILES string of the molecule is CCCCOC(=O)C(CCc1ccccc1)N[C@H]1CSC[C@@H](c2cccs2)N(CC(=O)OC(C)(C)C)C1=O. The van der Waals surface area contributed by atoms with E-state index in [0.717, 1.165) is 23.3 Å². The van der Waals surface area contributed by atoms with E-state index in [9.17, 15) is 14.4 Å². The maximum atomic E-state index is 13.9. The molecule has 2 heterocycles. The number of hydrogen-bond acceptors (Lipinski definition) is 8. The molecule has 1 N–H and O–H groups in total. The summed E-state index contributed by atoms with van der Waals surface area (Å²) < 4.78 is 11.1. The quantitative estimate of drug-likeness (QED) is 0.289. The first-order valence-electron chi connectivity index (χ1n) is 13.3. The van der Waals surface area contributed by atoms with Crippen LogP contribution in [-0.2, 0) is 30.3 Å². The largest absolute Gasteiger partial charge is 0.465 e. The molecule has 1 fully saturated rings. The van der Waals surface area contributed by atoms with Crippen molar-refractivity contribution in [3.63, 3.8) is 0 Å². The van der Waals surface area contributed by atoms with Crippen LogP contribution >= 0.6 is 23.1 Å². The van der Waals surface area contributed by atoms with Crippen LogP contribution in [0.25, 0.3) is 0 Å². The molecule has 7 nitrogen and oxygen atoms in total. The van der Waals surface area contributed by atoms with Crippen LogP contribution in [0.5, 0.6) is 0 Å². The van der Waals surface area contributed by atoms with Crippen LogP contribution in [0, 0.1) is 0 Å². The van der Waals surface area contributed by atoms with Crippen LogP contribution in [0.1, 0.15) is 63.4 Å². The van der Waals surface area contributed by atoms with Crippen LogP contribution in [0.15, 0.2) is 47.8 Å². The van der Waals surface area contributed by atoms with Crippen LogP contribution in [0.2, 0.25) is 0 Å². The van der Waals surface area contributed by atoms with Crippen LogP contribution in [0.4, 0.5) is 0 Å². The van der Waals surface area contributed by atoms with Gasteiger partial charge in [-0.3, -0.25) is 19.7 Å². The molecule has 1 aromatic heterocycles. The maximum Gasteiger partial charge on any atom is 0.326 e. The number of esters is 2. The summed E-state index contributed by atoms with van der Waals surface area (Å²) in [5.74, 6) is 0.159. The highest BCUT2D eigenvalue weighted by Crippen LogP contribution is 2.32. The predicted octanol–water partition coefficient (Wildman–Crippen LogP) is 5.01. The van der Waals surface area contributed by atoms with Gasteiger partial charge >= 0.3 is 11.9 Å². The zero-order chi connectivity index (χ0) is 27.5. The first kappa shape index (κ1) is 30.2. The number of thioether (sulfide) groups is 1. The number of amides is 1. The second kappa shape index (κ2) is 14.7. The van der Waals surface area contributed by atoms with Crippen molar-refractivity contribution in [3.8, 4) is 0 Å². The fourth-order valence-corrected chi connectivity index (χ4v) is 6.37. The van der Waals surface area contributed by atoms with Crippen molar-refractivity contribution in [2.45, 2.75) is 77.1 Å².